The highest BCUT2D eigenvalue weighted by atomic mass is 16.6. The number of carbonyl (C=O) groups is 3. The van der Waals surface area contributed by atoms with Crippen LogP contribution >= 0.6 is 0 Å². The predicted molar refractivity (Wildman–Crippen MR) is 97.3 cm³/mol. The molecular weight excluding hydrogens is 336 g/mol. The number of nitrogens with one attached hydrogen (secondary N) is 1. The molecule has 1 atom stereocenters. The second-order valence-corrected chi connectivity index (χ2v) is 6.99. The molecule has 0 radical (unpaired) electrons. The summed E-state index contributed by atoms with van der Waals surface area (Å²) in [6, 6.07) is 9.54. The van der Waals surface area contributed by atoms with Crippen molar-refractivity contribution in [1.82, 2.24) is 10.2 Å². The number of likely N-dealkylation sites (N-methyl/N-ethyl adjacent to an activating group) is 1. The smallest absolute Gasteiger partial charge is 0.407 e. The van der Waals surface area contributed by atoms with E-state index in [-0.39, 0.29) is 18.9 Å². The Bertz CT molecular complexity index is 610. The Morgan fingerprint density at radius 3 is 2.35 bits per heavy atom. The van der Waals surface area contributed by atoms with Crippen LogP contribution < -0.4 is 5.32 Å². The molecule has 0 aliphatic rings. The van der Waals surface area contributed by atoms with E-state index in [1.54, 1.807) is 27.8 Å². The van der Waals surface area contributed by atoms with E-state index in [1.165, 1.54) is 11.8 Å². The molecule has 0 saturated carbocycles. The lowest BCUT2D eigenvalue weighted by Gasteiger charge is -2.22. The zero-order chi connectivity index (χ0) is 19.7. The van der Waals surface area contributed by atoms with E-state index < -0.39 is 23.8 Å². The topological polar surface area (TPSA) is 84.9 Å². The van der Waals surface area contributed by atoms with Gasteiger partial charge >= 0.3 is 12.1 Å². The zero-order valence-electron chi connectivity index (χ0n) is 16.1. The van der Waals surface area contributed by atoms with Gasteiger partial charge in [-0.2, -0.15) is 0 Å². The first-order chi connectivity index (χ1) is 12.1. The number of rotatable bonds is 7. The molecular formula is C19H28N2O5. The van der Waals surface area contributed by atoms with E-state index in [1.807, 2.05) is 30.3 Å². The molecule has 1 aromatic carbocycles. The summed E-state index contributed by atoms with van der Waals surface area (Å²) in [4.78, 5) is 37.1. The maximum atomic E-state index is 12.3. The molecule has 144 valence electrons. The van der Waals surface area contributed by atoms with Gasteiger partial charge in [-0.15, -0.1) is 0 Å². The number of carbonyl (C=O) groups excluding carboxylic acids is 3. The number of amides is 2. The zero-order valence-corrected chi connectivity index (χ0v) is 16.1. The number of hydrogen-bond donors (Lipinski definition) is 1. The summed E-state index contributed by atoms with van der Waals surface area (Å²) in [6.45, 7) is 7.29. The first kappa shape index (κ1) is 21.5. The van der Waals surface area contributed by atoms with Crippen LogP contribution in [0.3, 0.4) is 0 Å². The van der Waals surface area contributed by atoms with Crippen LogP contribution in [-0.4, -0.2) is 48.2 Å². The van der Waals surface area contributed by atoms with Crippen LogP contribution in [0.25, 0.3) is 0 Å². The van der Waals surface area contributed by atoms with Gasteiger partial charge in [0.05, 0.1) is 6.42 Å². The van der Waals surface area contributed by atoms with Gasteiger partial charge in [-0.25, -0.2) is 4.79 Å². The lowest BCUT2D eigenvalue weighted by Crippen LogP contribution is -2.38. The standard InChI is InChI=1S/C19H28N2O5/c1-14(17(23)21(5)13-15-9-7-6-8-10-15)25-16(22)11-12-20-18(24)26-19(2,3)4/h6-10,14H,11-13H2,1-5H3,(H,20,24)/t14-/m0/s1. The van der Waals surface area contributed by atoms with Crippen molar-refractivity contribution >= 4 is 18.0 Å². The Hall–Kier alpha value is -2.57. The minimum Gasteiger partial charge on any atom is -0.452 e. The summed E-state index contributed by atoms with van der Waals surface area (Å²) in [6.07, 6.45) is -1.53. The van der Waals surface area contributed by atoms with Crippen molar-refractivity contribution in [2.45, 2.75) is 52.4 Å². The summed E-state index contributed by atoms with van der Waals surface area (Å²) in [5.41, 5.74) is 0.387. The molecule has 7 nitrogen and oxygen atoms in total. The maximum absolute atomic E-state index is 12.3. The average Bonchev–Trinajstić information content (AvgIpc) is 2.53. The normalized spacial score (nSPS) is 12.0. The van der Waals surface area contributed by atoms with Crippen LogP contribution in [0.2, 0.25) is 0 Å². The van der Waals surface area contributed by atoms with Crippen LogP contribution in [0.1, 0.15) is 39.7 Å². The van der Waals surface area contributed by atoms with Gasteiger partial charge in [0.2, 0.25) is 0 Å². The largest absolute Gasteiger partial charge is 0.452 e. The van der Waals surface area contributed by atoms with Crippen molar-refractivity contribution in [3.63, 3.8) is 0 Å². The lowest BCUT2D eigenvalue weighted by atomic mass is 10.2. The molecule has 0 fully saturated rings. The fourth-order valence-electron chi connectivity index (χ4n) is 2.13. The molecule has 1 aromatic rings. The molecule has 0 saturated heterocycles. The van der Waals surface area contributed by atoms with Crippen molar-refractivity contribution in [3.05, 3.63) is 35.9 Å². The van der Waals surface area contributed by atoms with Gasteiger partial charge < -0.3 is 19.7 Å². The van der Waals surface area contributed by atoms with Gasteiger partial charge in [-0.1, -0.05) is 30.3 Å². The average molecular weight is 364 g/mol. The number of esters is 1. The number of benzene rings is 1. The second-order valence-electron chi connectivity index (χ2n) is 6.99. The van der Waals surface area contributed by atoms with Gasteiger partial charge in [-0.05, 0) is 33.3 Å². The second kappa shape index (κ2) is 9.79. The highest BCUT2D eigenvalue weighted by Gasteiger charge is 2.22. The third kappa shape index (κ3) is 8.50. The van der Waals surface area contributed by atoms with E-state index in [0.717, 1.165) is 5.56 Å². The van der Waals surface area contributed by atoms with E-state index in [4.69, 9.17) is 9.47 Å². The highest BCUT2D eigenvalue weighted by Crippen LogP contribution is 2.07. The van der Waals surface area contributed by atoms with Gasteiger partial charge in [0.15, 0.2) is 6.10 Å². The summed E-state index contributed by atoms with van der Waals surface area (Å²) < 4.78 is 10.2. The fourth-order valence-corrected chi connectivity index (χ4v) is 2.13. The summed E-state index contributed by atoms with van der Waals surface area (Å²) in [5.74, 6) is -0.850. The van der Waals surface area contributed by atoms with Crippen molar-refractivity contribution < 1.29 is 23.9 Å². The van der Waals surface area contributed by atoms with Crippen LogP contribution in [0, 0.1) is 0 Å². The minimum atomic E-state index is -0.891. The van der Waals surface area contributed by atoms with Crippen molar-refractivity contribution in [3.8, 4) is 0 Å². The number of hydrogen-bond acceptors (Lipinski definition) is 5. The molecule has 0 spiro atoms. The Labute approximate surface area is 154 Å². The summed E-state index contributed by atoms with van der Waals surface area (Å²) in [5, 5.41) is 2.47. The molecule has 1 rings (SSSR count). The Kier molecular flexibility index (Phi) is 8.09. The molecule has 0 heterocycles. The summed E-state index contributed by atoms with van der Waals surface area (Å²) >= 11 is 0. The Morgan fingerprint density at radius 1 is 1.15 bits per heavy atom. The van der Waals surface area contributed by atoms with Crippen LogP contribution in [0.15, 0.2) is 30.3 Å². The van der Waals surface area contributed by atoms with Crippen molar-refractivity contribution in [1.29, 1.82) is 0 Å². The number of ether oxygens (including phenoxy) is 2. The molecule has 7 heteroatoms. The monoisotopic (exact) mass is 364 g/mol. The molecule has 1 N–H and O–H groups in total. The minimum absolute atomic E-state index is 0.0424. The third-order valence-corrected chi connectivity index (χ3v) is 3.29. The molecule has 2 amide bonds. The quantitative estimate of drug-likeness (QED) is 0.752. The molecule has 0 bridgehead atoms. The van der Waals surface area contributed by atoms with Gasteiger partial charge in [-0.3, -0.25) is 9.59 Å². The molecule has 0 aliphatic heterocycles. The van der Waals surface area contributed by atoms with E-state index in [9.17, 15) is 14.4 Å². The molecule has 0 aromatic heterocycles. The Balaban J connectivity index is 2.34. The first-order valence-electron chi connectivity index (χ1n) is 8.53. The van der Waals surface area contributed by atoms with Crippen LogP contribution in [0.5, 0.6) is 0 Å². The summed E-state index contributed by atoms with van der Waals surface area (Å²) in [7, 11) is 1.66. The van der Waals surface area contributed by atoms with Gasteiger partial charge in [0.25, 0.3) is 5.91 Å². The van der Waals surface area contributed by atoms with E-state index >= 15 is 0 Å². The van der Waals surface area contributed by atoms with Gasteiger partial charge in [0.1, 0.15) is 5.60 Å². The van der Waals surface area contributed by atoms with Crippen LogP contribution in [0.4, 0.5) is 4.79 Å². The maximum Gasteiger partial charge on any atom is 0.407 e. The lowest BCUT2D eigenvalue weighted by molar-refractivity contribution is -0.158. The number of alkyl carbamates (subject to hydrolysis) is 1. The van der Waals surface area contributed by atoms with Crippen LogP contribution in [-0.2, 0) is 25.6 Å². The first-order valence-corrected chi connectivity index (χ1v) is 8.53. The highest BCUT2D eigenvalue weighted by molar-refractivity contribution is 5.83. The molecule has 0 unspecified atom stereocenters. The fraction of sp³-hybridized carbons (Fsp3) is 0.526. The van der Waals surface area contributed by atoms with Crippen molar-refractivity contribution in [2.75, 3.05) is 13.6 Å². The van der Waals surface area contributed by atoms with E-state index in [2.05, 4.69) is 5.32 Å². The van der Waals surface area contributed by atoms with Gasteiger partial charge in [0, 0.05) is 20.1 Å². The number of nitrogens with zero attached hydrogens (tertiary/aromatic N) is 1. The molecule has 0 aliphatic carbocycles. The van der Waals surface area contributed by atoms with Crippen molar-refractivity contribution in [2.24, 2.45) is 0 Å². The SMILES string of the molecule is C[C@H](OC(=O)CCNC(=O)OC(C)(C)C)C(=O)N(C)Cc1ccccc1. The third-order valence-electron chi connectivity index (χ3n) is 3.29. The molecule has 26 heavy (non-hydrogen) atoms. The Morgan fingerprint density at radius 2 is 1.77 bits per heavy atom. The predicted octanol–water partition coefficient (Wildman–Crippen LogP) is 2.49. The van der Waals surface area contributed by atoms with E-state index in [0.29, 0.717) is 6.54 Å².